The van der Waals surface area contributed by atoms with E-state index in [0.29, 0.717) is 23.1 Å². The molecule has 0 aliphatic carbocycles. The summed E-state index contributed by atoms with van der Waals surface area (Å²) >= 11 is 0. The predicted octanol–water partition coefficient (Wildman–Crippen LogP) is 2.17. The van der Waals surface area contributed by atoms with Crippen molar-refractivity contribution in [1.29, 1.82) is 0 Å². The van der Waals surface area contributed by atoms with Crippen molar-refractivity contribution >= 4 is 5.78 Å². The van der Waals surface area contributed by atoms with Crippen molar-refractivity contribution in [3.63, 3.8) is 0 Å². The third-order valence-corrected chi connectivity index (χ3v) is 2.37. The molecule has 3 heteroatoms. The summed E-state index contributed by atoms with van der Waals surface area (Å²) in [6, 6.07) is 1.22. The number of Topliss-reactive ketones (excluding diaryl/α,β-unsaturated/α-hetero) is 1. The van der Waals surface area contributed by atoms with Gasteiger partial charge in [0.25, 0.3) is 0 Å². The fraction of sp³-hybridized carbons (Fsp3) is 0.364. The normalized spacial score (nSPS) is 10.2. The van der Waals surface area contributed by atoms with E-state index in [4.69, 9.17) is 0 Å². The summed E-state index contributed by atoms with van der Waals surface area (Å²) in [4.78, 5) is 11.2. The minimum Gasteiger partial charge on any atom is -0.508 e. The highest BCUT2D eigenvalue weighted by atomic mass is 16.3. The van der Waals surface area contributed by atoms with E-state index in [9.17, 15) is 15.0 Å². The second-order valence-electron chi connectivity index (χ2n) is 3.30. The smallest absolute Gasteiger partial charge is 0.163 e. The zero-order chi connectivity index (χ0) is 10.9. The van der Waals surface area contributed by atoms with Crippen LogP contribution in [0.15, 0.2) is 6.07 Å². The number of aromatic hydroxyl groups is 2. The Morgan fingerprint density at radius 1 is 1.36 bits per heavy atom. The molecule has 0 spiro atoms. The van der Waals surface area contributed by atoms with Crippen molar-refractivity contribution in [3.8, 4) is 11.5 Å². The van der Waals surface area contributed by atoms with Gasteiger partial charge in [-0.25, -0.2) is 0 Å². The van der Waals surface area contributed by atoms with E-state index < -0.39 is 0 Å². The van der Waals surface area contributed by atoms with Gasteiger partial charge < -0.3 is 10.2 Å². The molecule has 1 rings (SSSR count). The number of phenolic OH excluding ortho intramolecular Hbond substituents is 2. The Hall–Kier alpha value is -1.51. The maximum Gasteiger partial charge on any atom is 0.163 e. The van der Waals surface area contributed by atoms with Gasteiger partial charge in [0.15, 0.2) is 5.78 Å². The van der Waals surface area contributed by atoms with Crippen LogP contribution in [-0.4, -0.2) is 16.0 Å². The number of hydrogen-bond acceptors (Lipinski definition) is 3. The van der Waals surface area contributed by atoms with Crippen molar-refractivity contribution in [2.45, 2.75) is 27.2 Å². The Bertz CT molecular complexity index is 381. The molecular weight excluding hydrogens is 180 g/mol. The minimum atomic E-state index is -0.185. The highest BCUT2D eigenvalue weighted by Gasteiger charge is 2.16. The molecule has 2 N–H and O–H groups in total. The molecule has 0 bridgehead atoms. The number of carbonyl (C=O) groups is 1. The van der Waals surface area contributed by atoms with Crippen LogP contribution in [0.2, 0.25) is 0 Å². The first-order valence-electron chi connectivity index (χ1n) is 4.54. The van der Waals surface area contributed by atoms with Gasteiger partial charge >= 0.3 is 0 Å². The maximum absolute atomic E-state index is 11.2. The number of ketones is 1. The van der Waals surface area contributed by atoms with Crippen LogP contribution in [0.3, 0.4) is 0 Å². The third-order valence-electron chi connectivity index (χ3n) is 2.37. The highest BCUT2D eigenvalue weighted by molar-refractivity contribution is 5.98. The van der Waals surface area contributed by atoms with Gasteiger partial charge in [-0.3, -0.25) is 4.79 Å². The van der Waals surface area contributed by atoms with E-state index in [1.807, 2.05) is 6.92 Å². The number of benzene rings is 1. The second-order valence-corrected chi connectivity index (χ2v) is 3.30. The summed E-state index contributed by atoms with van der Waals surface area (Å²) in [6.45, 7) is 5.02. The van der Waals surface area contributed by atoms with Gasteiger partial charge in [-0.2, -0.15) is 0 Å². The summed E-state index contributed by atoms with van der Waals surface area (Å²) < 4.78 is 0. The lowest BCUT2D eigenvalue weighted by atomic mass is 9.96. The van der Waals surface area contributed by atoms with Gasteiger partial charge in [0.05, 0.1) is 5.56 Å². The monoisotopic (exact) mass is 194 g/mol. The van der Waals surface area contributed by atoms with Crippen LogP contribution in [0.1, 0.15) is 35.3 Å². The van der Waals surface area contributed by atoms with E-state index >= 15 is 0 Å². The highest BCUT2D eigenvalue weighted by Crippen LogP contribution is 2.32. The molecule has 0 radical (unpaired) electrons. The fourth-order valence-electron chi connectivity index (χ4n) is 1.71. The number of rotatable bonds is 2. The fourth-order valence-corrected chi connectivity index (χ4v) is 1.71. The lowest BCUT2D eigenvalue weighted by Gasteiger charge is -2.11. The third kappa shape index (κ3) is 1.58. The molecule has 0 atom stereocenters. The average Bonchev–Trinajstić information content (AvgIpc) is 2.02. The molecule has 0 saturated heterocycles. The maximum atomic E-state index is 11.2. The molecule has 0 aromatic heterocycles. The standard InChI is InChI=1S/C11H14O3/c1-4-8-6(2)11(7(3)12)10(14)5-9(8)13/h5,13-14H,4H2,1-3H3. The van der Waals surface area contributed by atoms with Crippen LogP contribution in [-0.2, 0) is 6.42 Å². The average molecular weight is 194 g/mol. The number of carbonyl (C=O) groups excluding carboxylic acids is 1. The second kappa shape index (κ2) is 3.70. The van der Waals surface area contributed by atoms with E-state index in [-0.39, 0.29) is 17.3 Å². The van der Waals surface area contributed by atoms with Crippen molar-refractivity contribution < 1.29 is 15.0 Å². The Morgan fingerprint density at radius 2 is 1.93 bits per heavy atom. The van der Waals surface area contributed by atoms with Gasteiger partial charge in [0.2, 0.25) is 0 Å². The molecular formula is C11H14O3. The van der Waals surface area contributed by atoms with Crippen LogP contribution >= 0.6 is 0 Å². The summed E-state index contributed by atoms with van der Waals surface area (Å²) in [6.07, 6.45) is 0.637. The first-order valence-corrected chi connectivity index (χ1v) is 4.54. The van der Waals surface area contributed by atoms with Crippen LogP contribution in [0, 0.1) is 6.92 Å². The van der Waals surface area contributed by atoms with Gasteiger partial charge in [-0.15, -0.1) is 0 Å². The Morgan fingerprint density at radius 3 is 2.36 bits per heavy atom. The lowest BCUT2D eigenvalue weighted by molar-refractivity contribution is 0.101. The van der Waals surface area contributed by atoms with E-state index in [1.54, 1.807) is 6.92 Å². The molecule has 0 heterocycles. The van der Waals surface area contributed by atoms with Gasteiger partial charge in [0, 0.05) is 6.07 Å². The Kier molecular flexibility index (Phi) is 2.79. The molecule has 14 heavy (non-hydrogen) atoms. The lowest BCUT2D eigenvalue weighted by Crippen LogP contribution is -2.00. The summed E-state index contributed by atoms with van der Waals surface area (Å²) in [5.41, 5.74) is 1.69. The zero-order valence-corrected chi connectivity index (χ0v) is 8.59. The molecule has 0 unspecified atom stereocenters. The predicted molar refractivity (Wildman–Crippen MR) is 53.9 cm³/mol. The van der Waals surface area contributed by atoms with Crippen LogP contribution < -0.4 is 0 Å². The van der Waals surface area contributed by atoms with E-state index in [0.717, 1.165) is 0 Å². The SMILES string of the molecule is CCc1c(O)cc(O)c(C(C)=O)c1C. The molecule has 0 aliphatic heterocycles. The first-order chi connectivity index (χ1) is 6.49. The molecule has 1 aromatic carbocycles. The van der Waals surface area contributed by atoms with Crippen molar-refractivity contribution in [2.24, 2.45) is 0 Å². The van der Waals surface area contributed by atoms with Crippen LogP contribution in [0.4, 0.5) is 0 Å². The topological polar surface area (TPSA) is 57.5 Å². The molecule has 0 aliphatic rings. The first kappa shape index (κ1) is 10.6. The Labute approximate surface area is 83.0 Å². The number of hydrogen-bond donors (Lipinski definition) is 2. The molecule has 1 aromatic rings. The van der Waals surface area contributed by atoms with Gasteiger partial charge in [0.1, 0.15) is 11.5 Å². The minimum absolute atomic E-state index is 0.0486. The summed E-state index contributed by atoms with van der Waals surface area (Å²) in [5.74, 6) is -0.285. The van der Waals surface area contributed by atoms with Gasteiger partial charge in [-0.05, 0) is 31.4 Å². The molecule has 0 saturated carbocycles. The summed E-state index contributed by atoms with van der Waals surface area (Å²) in [7, 11) is 0. The number of phenols is 2. The van der Waals surface area contributed by atoms with E-state index in [1.165, 1.54) is 13.0 Å². The molecule has 0 fully saturated rings. The van der Waals surface area contributed by atoms with Gasteiger partial charge in [-0.1, -0.05) is 6.92 Å². The molecule has 3 nitrogen and oxygen atoms in total. The molecule has 0 amide bonds. The van der Waals surface area contributed by atoms with Crippen molar-refractivity contribution in [3.05, 3.63) is 22.8 Å². The van der Waals surface area contributed by atoms with E-state index in [2.05, 4.69) is 0 Å². The van der Waals surface area contributed by atoms with Crippen LogP contribution in [0.25, 0.3) is 0 Å². The van der Waals surface area contributed by atoms with Crippen LogP contribution in [0.5, 0.6) is 11.5 Å². The Balaban J connectivity index is 3.52. The van der Waals surface area contributed by atoms with Crippen molar-refractivity contribution in [1.82, 2.24) is 0 Å². The zero-order valence-electron chi connectivity index (χ0n) is 8.59. The molecule has 76 valence electrons. The summed E-state index contributed by atoms with van der Waals surface area (Å²) in [5, 5.41) is 19.0. The largest absolute Gasteiger partial charge is 0.508 e. The van der Waals surface area contributed by atoms with Crippen molar-refractivity contribution in [2.75, 3.05) is 0 Å². The quantitative estimate of drug-likeness (QED) is 0.709.